The average molecular weight is 391 g/mol. The minimum atomic E-state index is -0.579. The average Bonchev–Trinajstić information content (AvgIpc) is 2.68. The van der Waals surface area contributed by atoms with Crippen molar-refractivity contribution in [2.75, 3.05) is 30.5 Å². The molecule has 7 nitrogen and oxygen atoms in total. The zero-order valence-corrected chi connectivity index (χ0v) is 15.3. The predicted octanol–water partition coefficient (Wildman–Crippen LogP) is 1.22. The lowest BCUT2D eigenvalue weighted by molar-refractivity contribution is -0.129. The summed E-state index contributed by atoms with van der Waals surface area (Å²) in [5, 5.41) is 5.25. The van der Waals surface area contributed by atoms with Crippen LogP contribution < -0.4 is 5.01 Å². The third-order valence-corrected chi connectivity index (χ3v) is 6.18. The smallest absolute Gasteiger partial charge is 0.278 e. The number of thioether (sulfide) groups is 1. The van der Waals surface area contributed by atoms with E-state index < -0.39 is 29.8 Å². The summed E-state index contributed by atoms with van der Waals surface area (Å²) in [6.45, 7) is 1.69. The van der Waals surface area contributed by atoms with Gasteiger partial charge in [-0.25, -0.2) is 4.39 Å². The molecular formula is C18H18FN3O4S. The maximum atomic E-state index is 13.2. The summed E-state index contributed by atoms with van der Waals surface area (Å²) < 4.78 is 18.6. The highest BCUT2D eigenvalue weighted by molar-refractivity contribution is 8.00. The molecule has 2 amide bonds. The lowest BCUT2D eigenvalue weighted by Gasteiger charge is -2.43. The number of ether oxygens (including phenoxy) is 1. The van der Waals surface area contributed by atoms with Crippen molar-refractivity contribution in [1.29, 1.82) is 0 Å². The van der Waals surface area contributed by atoms with Gasteiger partial charge in [0.15, 0.2) is 11.5 Å². The Bertz CT molecular complexity index is 811. The van der Waals surface area contributed by atoms with E-state index in [0.29, 0.717) is 31.9 Å². The second-order valence-electron chi connectivity index (χ2n) is 6.57. The van der Waals surface area contributed by atoms with Crippen LogP contribution in [-0.2, 0) is 19.1 Å². The molecule has 2 atom stereocenters. The van der Waals surface area contributed by atoms with Gasteiger partial charge in [-0.3, -0.25) is 14.4 Å². The van der Waals surface area contributed by atoms with E-state index in [1.807, 2.05) is 0 Å². The summed E-state index contributed by atoms with van der Waals surface area (Å²) in [5.74, 6) is -1.25. The van der Waals surface area contributed by atoms with E-state index >= 15 is 0 Å². The van der Waals surface area contributed by atoms with Crippen molar-refractivity contribution in [3.05, 3.63) is 30.1 Å². The quantitative estimate of drug-likeness (QED) is 0.709. The van der Waals surface area contributed by atoms with E-state index in [1.165, 1.54) is 24.3 Å². The number of amides is 2. The Labute approximate surface area is 159 Å². The van der Waals surface area contributed by atoms with Crippen molar-refractivity contribution in [2.24, 2.45) is 5.10 Å². The second kappa shape index (κ2) is 7.40. The van der Waals surface area contributed by atoms with Crippen LogP contribution in [0.25, 0.3) is 0 Å². The van der Waals surface area contributed by atoms with E-state index in [-0.39, 0.29) is 17.0 Å². The Morgan fingerprint density at radius 3 is 2.81 bits per heavy atom. The van der Waals surface area contributed by atoms with Gasteiger partial charge in [0.05, 0.1) is 18.7 Å². The number of benzene rings is 1. The van der Waals surface area contributed by atoms with Gasteiger partial charge in [0.1, 0.15) is 5.82 Å². The number of carbonyl (C=O) groups excluding carboxylic acids is 3. The van der Waals surface area contributed by atoms with Crippen LogP contribution in [0.2, 0.25) is 0 Å². The SMILES string of the molecule is O=C1CC(=O)N(c2ccc(F)cc2)N=C1C(=O)N1CCS[C@H]2COCC[C@@H]21. The molecule has 4 rings (SSSR count). The Kier molecular flexibility index (Phi) is 4.96. The molecule has 9 heteroatoms. The number of halogens is 1. The fraction of sp³-hybridized carbons (Fsp3) is 0.444. The number of nitrogens with zero attached hydrogens (tertiary/aromatic N) is 3. The van der Waals surface area contributed by atoms with Crippen molar-refractivity contribution in [2.45, 2.75) is 24.1 Å². The normalized spacial score (nSPS) is 25.9. The largest absolute Gasteiger partial charge is 0.380 e. The number of hydrogen-bond acceptors (Lipinski definition) is 6. The van der Waals surface area contributed by atoms with Crippen molar-refractivity contribution < 1.29 is 23.5 Å². The number of hydrogen-bond donors (Lipinski definition) is 0. The standard InChI is InChI=1S/C18H18FN3O4S/c19-11-1-3-12(4-2-11)22-16(24)9-14(23)17(20-22)18(25)21-6-8-27-15-10-26-7-5-13(15)21/h1-4,13,15H,5-10H2/t13-,15-/m0/s1. The minimum Gasteiger partial charge on any atom is -0.380 e. The van der Waals surface area contributed by atoms with Crippen LogP contribution in [0.3, 0.4) is 0 Å². The maximum Gasteiger partial charge on any atom is 0.278 e. The third-order valence-electron chi connectivity index (χ3n) is 4.88. The Hall–Kier alpha value is -2.26. The summed E-state index contributed by atoms with van der Waals surface area (Å²) in [6, 6.07) is 5.17. The summed E-state index contributed by atoms with van der Waals surface area (Å²) in [6.07, 6.45) is 0.285. The molecule has 0 aliphatic carbocycles. The minimum absolute atomic E-state index is 0.00241. The van der Waals surface area contributed by atoms with Gasteiger partial charge in [0, 0.05) is 30.2 Å². The van der Waals surface area contributed by atoms with Crippen LogP contribution in [0.4, 0.5) is 10.1 Å². The van der Waals surface area contributed by atoms with Crippen LogP contribution in [0.15, 0.2) is 29.4 Å². The second-order valence-corrected chi connectivity index (χ2v) is 7.92. The Morgan fingerprint density at radius 1 is 1.26 bits per heavy atom. The van der Waals surface area contributed by atoms with Crippen molar-refractivity contribution in [1.82, 2.24) is 4.90 Å². The molecule has 1 aromatic rings. The zero-order chi connectivity index (χ0) is 19.0. The molecule has 142 valence electrons. The number of anilines is 1. The van der Waals surface area contributed by atoms with E-state index in [0.717, 1.165) is 10.8 Å². The summed E-state index contributed by atoms with van der Waals surface area (Å²) in [7, 11) is 0. The van der Waals surface area contributed by atoms with Gasteiger partial charge in [-0.1, -0.05) is 0 Å². The molecule has 27 heavy (non-hydrogen) atoms. The van der Waals surface area contributed by atoms with Crippen LogP contribution in [-0.4, -0.2) is 65.0 Å². The molecule has 0 spiro atoms. The highest BCUT2D eigenvalue weighted by Crippen LogP contribution is 2.31. The first-order chi connectivity index (χ1) is 13.0. The molecule has 2 saturated heterocycles. The van der Waals surface area contributed by atoms with Crippen molar-refractivity contribution >= 4 is 40.8 Å². The molecule has 3 aliphatic heterocycles. The monoisotopic (exact) mass is 391 g/mol. The van der Waals surface area contributed by atoms with E-state index in [1.54, 1.807) is 16.7 Å². The topological polar surface area (TPSA) is 79.3 Å². The molecule has 0 saturated carbocycles. The first kappa shape index (κ1) is 18.1. The molecule has 0 bridgehead atoms. The van der Waals surface area contributed by atoms with E-state index in [9.17, 15) is 18.8 Å². The fourth-order valence-electron chi connectivity index (χ4n) is 3.53. The third kappa shape index (κ3) is 3.49. The molecule has 3 heterocycles. The van der Waals surface area contributed by atoms with Crippen LogP contribution in [0, 0.1) is 5.82 Å². The molecule has 1 aromatic carbocycles. The predicted molar refractivity (Wildman–Crippen MR) is 98.1 cm³/mol. The number of Topliss-reactive ketones (excluding diaryl/α,β-unsaturated/α-hetero) is 1. The Morgan fingerprint density at radius 2 is 2.04 bits per heavy atom. The van der Waals surface area contributed by atoms with E-state index in [2.05, 4.69) is 5.10 Å². The first-order valence-corrected chi connectivity index (χ1v) is 9.80. The zero-order valence-electron chi connectivity index (χ0n) is 14.5. The molecular weight excluding hydrogens is 373 g/mol. The van der Waals surface area contributed by atoms with Gasteiger partial charge in [-0.2, -0.15) is 21.9 Å². The number of hydrazone groups is 1. The lowest BCUT2D eigenvalue weighted by Crippen LogP contribution is -2.57. The molecule has 3 aliphatic rings. The number of carbonyl (C=O) groups is 3. The highest BCUT2D eigenvalue weighted by atomic mass is 32.2. The van der Waals surface area contributed by atoms with Crippen LogP contribution in [0.1, 0.15) is 12.8 Å². The van der Waals surface area contributed by atoms with Gasteiger partial charge >= 0.3 is 0 Å². The fourth-order valence-corrected chi connectivity index (χ4v) is 4.83. The Balaban J connectivity index is 1.63. The molecule has 0 aromatic heterocycles. The van der Waals surface area contributed by atoms with Crippen molar-refractivity contribution in [3.63, 3.8) is 0 Å². The van der Waals surface area contributed by atoms with Crippen molar-refractivity contribution in [3.8, 4) is 0 Å². The molecule has 2 fully saturated rings. The van der Waals surface area contributed by atoms with E-state index in [4.69, 9.17) is 4.74 Å². The van der Waals surface area contributed by atoms with Gasteiger partial charge < -0.3 is 9.64 Å². The van der Waals surface area contributed by atoms with Gasteiger partial charge in [0.2, 0.25) is 0 Å². The molecule has 0 N–H and O–H groups in total. The lowest BCUT2D eigenvalue weighted by atomic mass is 10.0. The van der Waals surface area contributed by atoms with Gasteiger partial charge in [-0.15, -0.1) is 0 Å². The van der Waals surface area contributed by atoms with Crippen LogP contribution in [0.5, 0.6) is 0 Å². The number of ketones is 1. The summed E-state index contributed by atoms with van der Waals surface area (Å²) >= 11 is 1.77. The van der Waals surface area contributed by atoms with Gasteiger partial charge in [-0.05, 0) is 30.7 Å². The highest BCUT2D eigenvalue weighted by Gasteiger charge is 2.41. The van der Waals surface area contributed by atoms with Crippen LogP contribution >= 0.6 is 11.8 Å². The summed E-state index contributed by atoms with van der Waals surface area (Å²) in [4.78, 5) is 39.4. The molecule has 0 unspecified atom stereocenters. The number of rotatable bonds is 2. The van der Waals surface area contributed by atoms with Gasteiger partial charge in [0.25, 0.3) is 11.8 Å². The summed E-state index contributed by atoms with van der Waals surface area (Å²) in [5.41, 5.74) is 0.0772. The molecule has 0 radical (unpaired) electrons. The maximum absolute atomic E-state index is 13.2. The number of fused-ring (bicyclic) bond motifs is 1. The first-order valence-electron chi connectivity index (χ1n) is 8.75.